The second-order valence-electron chi connectivity index (χ2n) is 8.52. The van der Waals surface area contributed by atoms with Crippen LogP contribution in [0.1, 0.15) is 25.3 Å². The van der Waals surface area contributed by atoms with Gasteiger partial charge in [0.15, 0.2) is 0 Å². The van der Waals surface area contributed by atoms with Crippen molar-refractivity contribution in [2.24, 2.45) is 11.8 Å². The van der Waals surface area contributed by atoms with Crippen LogP contribution in [0.5, 0.6) is 0 Å². The maximum Gasteiger partial charge on any atom is 0.240 e. The van der Waals surface area contributed by atoms with E-state index in [2.05, 4.69) is 14.9 Å². The van der Waals surface area contributed by atoms with Gasteiger partial charge in [-0.05, 0) is 56.1 Å². The van der Waals surface area contributed by atoms with Crippen LogP contribution in [0.3, 0.4) is 0 Å². The summed E-state index contributed by atoms with van der Waals surface area (Å²) in [6.07, 6.45) is 1.71. The summed E-state index contributed by atoms with van der Waals surface area (Å²) in [6.45, 7) is 4.41. The number of anilines is 1. The highest BCUT2D eigenvalue weighted by Gasteiger charge is 2.25. The van der Waals surface area contributed by atoms with E-state index in [0.29, 0.717) is 30.1 Å². The minimum absolute atomic E-state index is 0.0964. The number of halogens is 1. The Balaban J connectivity index is 1.32. The average Bonchev–Trinajstić information content (AvgIpc) is 2.92. The first kappa shape index (κ1) is 23.2. The zero-order chi connectivity index (χ0) is 22.7. The van der Waals surface area contributed by atoms with Gasteiger partial charge in [-0.15, -0.1) is 11.8 Å². The Labute approximate surface area is 193 Å². The van der Waals surface area contributed by atoms with Crippen molar-refractivity contribution in [3.63, 3.8) is 0 Å². The molecule has 0 bridgehead atoms. The van der Waals surface area contributed by atoms with Gasteiger partial charge in [-0.3, -0.25) is 9.69 Å². The highest BCUT2D eigenvalue weighted by Crippen LogP contribution is 2.34. The van der Waals surface area contributed by atoms with E-state index < -0.39 is 10.0 Å². The minimum Gasteiger partial charge on any atom is -0.325 e. The van der Waals surface area contributed by atoms with Crippen molar-refractivity contribution in [1.82, 2.24) is 9.62 Å². The molecule has 2 aliphatic rings. The summed E-state index contributed by atoms with van der Waals surface area (Å²) in [6, 6.07) is 11.7. The van der Waals surface area contributed by atoms with Gasteiger partial charge in [0.2, 0.25) is 15.9 Å². The van der Waals surface area contributed by atoms with Crippen LogP contribution in [0.2, 0.25) is 0 Å². The molecule has 2 N–H and O–H groups in total. The molecule has 0 aliphatic carbocycles. The number of hydrogen-bond acceptors (Lipinski definition) is 5. The summed E-state index contributed by atoms with van der Waals surface area (Å²) >= 11 is 1.55. The van der Waals surface area contributed by atoms with Gasteiger partial charge >= 0.3 is 0 Å². The number of amides is 1. The largest absolute Gasteiger partial charge is 0.325 e. The second kappa shape index (κ2) is 9.91. The van der Waals surface area contributed by atoms with Crippen molar-refractivity contribution in [3.8, 4) is 0 Å². The number of benzene rings is 2. The molecule has 0 unspecified atom stereocenters. The molecular weight excluding hydrogens is 449 g/mol. The van der Waals surface area contributed by atoms with Crippen LogP contribution >= 0.6 is 11.8 Å². The lowest BCUT2D eigenvalue weighted by Crippen LogP contribution is -2.38. The predicted octanol–water partition coefficient (Wildman–Crippen LogP) is 3.70. The standard InChI is InChI=1S/C23H28FN3O3S2/c1-16-15-31-22-7-6-19(12-21(22)26-23(16)28)32(29,30)25-13-17-8-10-27(11-9-17)14-18-4-2-3-5-20(18)24/h2-7,12,16-17,25H,8-11,13-15H2,1H3,(H,26,28)/t16-/m0/s1. The quantitative estimate of drug-likeness (QED) is 0.663. The molecule has 0 spiro atoms. The molecule has 1 saturated heterocycles. The van der Waals surface area contributed by atoms with Crippen molar-refractivity contribution in [1.29, 1.82) is 0 Å². The molecule has 0 aromatic heterocycles. The van der Waals surface area contributed by atoms with Crippen LogP contribution in [-0.4, -0.2) is 44.6 Å². The molecule has 9 heteroatoms. The molecule has 0 radical (unpaired) electrons. The van der Waals surface area contributed by atoms with Gasteiger partial charge in [-0.25, -0.2) is 17.5 Å². The number of hydrogen-bond donors (Lipinski definition) is 2. The number of likely N-dealkylation sites (tertiary alicyclic amines) is 1. The van der Waals surface area contributed by atoms with Crippen molar-refractivity contribution in [3.05, 3.63) is 53.8 Å². The summed E-state index contributed by atoms with van der Waals surface area (Å²) < 4.78 is 42.3. The zero-order valence-corrected chi connectivity index (χ0v) is 19.6. The van der Waals surface area contributed by atoms with Crippen LogP contribution in [0.4, 0.5) is 10.1 Å². The fraction of sp³-hybridized carbons (Fsp3) is 0.435. The van der Waals surface area contributed by atoms with Gasteiger partial charge in [-0.1, -0.05) is 25.1 Å². The molecule has 1 fully saturated rings. The molecular formula is C23H28FN3O3S2. The Hall–Kier alpha value is -1.94. The van der Waals surface area contributed by atoms with Crippen LogP contribution in [0.15, 0.2) is 52.3 Å². The number of sulfonamides is 1. The molecule has 2 aliphatic heterocycles. The summed E-state index contributed by atoms with van der Waals surface area (Å²) in [5.41, 5.74) is 1.24. The van der Waals surface area contributed by atoms with E-state index >= 15 is 0 Å². The third kappa shape index (κ3) is 5.51. The second-order valence-corrected chi connectivity index (χ2v) is 11.4. The van der Waals surface area contributed by atoms with E-state index in [1.54, 1.807) is 36.0 Å². The molecule has 0 saturated carbocycles. The number of fused-ring (bicyclic) bond motifs is 1. The maximum atomic E-state index is 13.9. The molecule has 2 aromatic rings. The van der Waals surface area contributed by atoms with Gasteiger partial charge in [0.05, 0.1) is 10.6 Å². The summed E-state index contributed by atoms with van der Waals surface area (Å²) in [4.78, 5) is 15.4. The number of carbonyl (C=O) groups is 1. The van der Waals surface area contributed by atoms with Gasteiger partial charge in [0.1, 0.15) is 5.82 Å². The van der Waals surface area contributed by atoms with Crippen LogP contribution in [0.25, 0.3) is 0 Å². The van der Waals surface area contributed by atoms with Crippen molar-refractivity contribution >= 4 is 33.4 Å². The van der Waals surface area contributed by atoms with Crippen molar-refractivity contribution < 1.29 is 17.6 Å². The molecule has 6 nitrogen and oxygen atoms in total. The predicted molar refractivity (Wildman–Crippen MR) is 125 cm³/mol. The number of nitrogens with one attached hydrogen (secondary N) is 2. The van der Waals surface area contributed by atoms with Gasteiger partial charge in [-0.2, -0.15) is 0 Å². The lowest BCUT2D eigenvalue weighted by molar-refractivity contribution is -0.118. The van der Waals surface area contributed by atoms with E-state index in [9.17, 15) is 17.6 Å². The third-order valence-corrected chi connectivity index (χ3v) is 8.83. The molecule has 32 heavy (non-hydrogen) atoms. The van der Waals surface area contributed by atoms with Gasteiger partial charge in [0.25, 0.3) is 0 Å². The Kier molecular flexibility index (Phi) is 7.19. The van der Waals surface area contributed by atoms with E-state index in [-0.39, 0.29) is 28.5 Å². The van der Waals surface area contributed by atoms with Gasteiger partial charge in [0, 0.05) is 35.2 Å². The molecule has 1 atom stereocenters. The van der Waals surface area contributed by atoms with E-state index in [0.717, 1.165) is 30.8 Å². The Morgan fingerprint density at radius 2 is 1.94 bits per heavy atom. The van der Waals surface area contributed by atoms with Crippen LogP contribution in [0, 0.1) is 17.7 Å². The van der Waals surface area contributed by atoms with E-state index in [4.69, 9.17) is 0 Å². The number of rotatable bonds is 6. The van der Waals surface area contributed by atoms with Crippen LogP contribution in [-0.2, 0) is 21.4 Å². The zero-order valence-electron chi connectivity index (χ0n) is 18.0. The Morgan fingerprint density at radius 1 is 1.19 bits per heavy atom. The van der Waals surface area contributed by atoms with E-state index in [1.165, 1.54) is 12.1 Å². The molecule has 2 heterocycles. The number of nitrogens with zero attached hydrogens (tertiary/aromatic N) is 1. The highest BCUT2D eigenvalue weighted by molar-refractivity contribution is 7.99. The first-order valence-corrected chi connectivity index (χ1v) is 13.3. The number of carbonyl (C=O) groups excluding carboxylic acids is 1. The smallest absolute Gasteiger partial charge is 0.240 e. The van der Waals surface area contributed by atoms with Crippen molar-refractivity contribution in [2.45, 2.75) is 36.1 Å². The fourth-order valence-corrected chi connectivity index (χ4v) is 6.13. The molecule has 4 rings (SSSR count). The average molecular weight is 478 g/mol. The molecule has 2 aromatic carbocycles. The number of piperidine rings is 1. The monoisotopic (exact) mass is 477 g/mol. The van der Waals surface area contributed by atoms with Gasteiger partial charge < -0.3 is 5.32 Å². The minimum atomic E-state index is -3.68. The normalized spacial score (nSPS) is 20.4. The highest BCUT2D eigenvalue weighted by atomic mass is 32.2. The first-order chi connectivity index (χ1) is 15.3. The maximum absolute atomic E-state index is 13.9. The molecule has 172 valence electrons. The van der Waals surface area contributed by atoms with Crippen LogP contribution < -0.4 is 10.0 Å². The topological polar surface area (TPSA) is 78.5 Å². The SMILES string of the molecule is C[C@H]1CSc2ccc(S(=O)(=O)NCC3CCN(Cc4ccccc4F)CC3)cc2NC1=O. The lowest BCUT2D eigenvalue weighted by atomic mass is 9.97. The fourth-order valence-electron chi connectivity index (χ4n) is 3.97. The van der Waals surface area contributed by atoms with Crippen molar-refractivity contribution in [2.75, 3.05) is 30.7 Å². The summed E-state index contributed by atoms with van der Waals surface area (Å²) in [5, 5.41) is 2.83. The molecule has 1 amide bonds. The lowest BCUT2D eigenvalue weighted by Gasteiger charge is -2.32. The van der Waals surface area contributed by atoms with E-state index in [1.807, 2.05) is 13.0 Å². The summed E-state index contributed by atoms with van der Waals surface area (Å²) in [5.74, 6) is 0.486. The Morgan fingerprint density at radius 3 is 2.69 bits per heavy atom. The summed E-state index contributed by atoms with van der Waals surface area (Å²) in [7, 11) is -3.68. The Bertz CT molecular complexity index is 1090. The first-order valence-electron chi connectivity index (χ1n) is 10.8. The number of thioether (sulfide) groups is 1. The third-order valence-electron chi connectivity index (χ3n) is 6.08.